The van der Waals surface area contributed by atoms with Gasteiger partial charge in [0, 0.05) is 29.5 Å². The highest BCUT2D eigenvalue weighted by molar-refractivity contribution is 6.37. The van der Waals surface area contributed by atoms with Crippen LogP contribution in [-0.2, 0) is 13.1 Å². The third-order valence-corrected chi connectivity index (χ3v) is 5.59. The van der Waals surface area contributed by atoms with Crippen LogP contribution in [0.3, 0.4) is 0 Å². The largest absolute Gasteiger partial charge is 0.390 e. The van der Waals surface area contributed by atoms with Crippen molar-refractivity contribution in [3.8, 4) is 17.1 Å². The first kappa shape index (κ1) is 24.2. The normalized spacial score (nSPS) is 11.9. The molecule has 0 aliphatic heterocycles. The van der Waals surface area contributed by atoms with Crippen molar-refractivity contribution in [2.75, 3.05) is 0 Å². The fraction of sp³-hybridized carbons (Fsp3) is 0.250. The first-order chi connectivity index (χ1) is 16.0. The summed E-state index contributed by atoms with van der Waals surface area (Å²) in [4.78, 5) is 21.2. The Hall–Kier alpha value is -2.89. The number of pyridine rings is 1. The summed E-state index contributed by atoms with van der Waals surface area (Å²) < 4.78 is 42.0. The Morgan fingerprint density at radius 3 is 2.26 bits per heavy atom. The van der Waals surface area contributed by atoms with Gasteiger partial charge in [-0.1, -0.05) is 34.8 Å². The zero-order valence-corrected chi connectivity index (χ0v) is 19.7. The number of rotatable bonds is 6. The topological polar surface area (TPSA) is 83.4 Å². The highest BCUT2D eigenvalue weighted by atomic mass is 35.5. The van der Waals surface area contributed by atoms with Crippen LogP contribution in [0.15, 0.2) is 41.5 Å². The van der Waals surface area contributed by atoms with E-state index in [0.717, 1.165) is 9.25 Å². The van der Waals surface area contributed by atoms with E-state index in [4.69, 9.17) is 34.8 Å². The first-order valence-electron chi connectivity index (χ1n) is 9.76. The number of halogens is 6. The van der Waals surface area contributed by atoms with Crippen LogP contribution in [0.5, 0.6) is 0 Å². The predicted octanol–water partition coefficient (Wildman–Crippen LogP) is 4.96. The smallest absolute Gasteiger partial charge is 0.275 e. The quantitative estimate of drug-likeness (QED) is 0.351. The lowest BCUT2D eigenvalue weighted by Gasteiger charge is -2.08. The Morgan fingerprint density at radius 2 is 1.65 bits per heavy atom. The van der Waals surface area contributed by atoms with E-state index in [1.165, 1.54) is 17.1 Å². The molecule has 0 unspecified atom stereocenters. The van der Waals surface area contributed by atoms with Crippen molar-refractivity contribution >= 4 is 34.8 Å². The molecule has 0 N–H and O–H groups in total. The molecule has 0 fully saturated rings. The SMILES string of the molecule is Cc1nc(Cn2nc(-c3ccc(Cl)cc3)n(CCC(F)(F)F)c2=O)nn1-c1c(Cl)cncc1Cl. The van der Waals surface area contributed by atoms with Crippen molar-refractivity contribution in [2.45, 2.75) is 32.6 Å². The Morgan fingerprint density at radius 1 is 1.00 bits per heavy atom. The van der Waals surface area contributed by atoms with Gasteiger partial charge in [-0.3, -0.25) is 9.55 Å². The lowest BCUT2D eigenvalue weighted by atomic mass is 10.2. The van der Waals surface area contributed by atoms with Crippen molar-refractivity contribution in [1.29, 1.82) is 0 Å². The van der Waals surface area contributed by atoms with Crippen LogP contribution >= 0.6 is 34.8 Å². The van der Waals surface area contributed by atoms with Crippen LogP contribution in [0.25, 0.3) is 17.1 Å². The summed E-state index contributed by atoms with van der Waals surface area (Å²) in [7, 11) is 0. The monoisotopic (exact) mass is 531 g/mol. The first-order valence-corrected chi connectivity index (χ1v) is 10.9. The van der Waals surface area contributed by atoms with E-state index in [1.54, 1.807) is 31.2 Å². The molecule has 0 spiro atoms. The van der Waals surface area contributed by atoms with Crippen molar-refractivity contribution in [3.63, 3.8) is 0 Å². The Bertz CT molecular complexity index is 1370. The summed E-state index contributed by atoms with van der Waals surface area (Å²) in [6, 6.07) is 6.26. The van der Waals surface area contributed by atoms with E-state index in [9.17, 15) is 18.0 Å². The molecule has 34 heavy (non-hydrogen) atoms. The molecule has 0 saturated heterocycles. The molecular weight excluding hydrogens is 518 g/mol. The summed E-state index contributed by atoms with van der Waals surface area (Å²) >= 11 is 18.3. The van der Waals surface area contributed by atoms with Crippen LogP contribution in [0.1, 0.15) is 18.1 Å². The molecule has 0 aliphatic carbocycles. The van der Waals surface area contributed by atoms with Crippen molar-refractivity contribution < 1.29 is 13.2 Å². The Labute approximate surface area is 205 Å². The zero-order chi connectivity index (χ0) is 24.6. The molecule has 0 atom stereocenters. The molecule has 0 aliphatic rings. The van der Waals surface area contributed by atoms with E-state index < -0.39 is 24.8 Å². The van der Waals surface area contributed by atoms with Gasteiger partial charge in [0.05, 0.1) is 16.5 Å². The number of hydrogen-bond donors (Lipinski definition) is 0. The van der Waals surface area contributed by atoms with Crippen LogP contribution < -0.4 is 5.69 Å². The highest BCUT2D eigenvalue weighted by Crippen LogP contribution is 2.27. The number of nitrogens with zero attached hydrogens (tertiary/aromatic N) is 7. The van der Waals surface area contributed by atoms with Gasteiger partial charge < -0.3 is 0 Å². The molecule has 8 nitrogen and oxygen atoms in total. The van der Waals surface area contributed by atoms with E-state index in [2.05, 4.69) is 20.2 Å². The van der Waals surface area contributed by atoms with E-state index in [0.29, 0.717) is 22.1 Å². The van der Waals surface area contributed by atoms with Gasteiger partial charge in [-0.05, 0) is 31.2 Å². The average molecular weight is 533 g/mol. The van der Waals surface area contributed by atoms with Gasteiger partial charge in [0.1, 0.15) is 18.1 Å². The maximum atomic E-state index is 13.0. The van der Waals surface area contributed by atoms with Gasteiger partial charge >= 0.3 is 11.9 Å². The van der Waals surface area contributed by atoms with E-state index in [1.807, 2.05) is 0 Å². The minimum absolute atomic E-state index is 0.0716. The second-order valence-corrected chi connectivity index (χ2v) is 8.48. The van der Waals surface area contributed by atoms with Gasteiger partial charge in [-0.25, -0.2) is 19.1 Å². The fourth-order valence-electron chi connectivity index (χ4n) is 3.26. The van der Waals surface area contributed by atoms with Crippen molar-refractivity contribution in [1.82, 2.24) is 34.1 Å². The summed E-state index contributed by atoms with van der Waals surface area (Å²) in [5, 5.41) is 9.53. The lowest BCUT2D eigenvalue weighted by molar-refractivity contribution is -0.136. The molecule has 0 amide bonds. The van der Waals surface area contributed by atoms with Gasteiger partial charge in [-0.15, -0.1) is 10.2 Å². The van der Waals surface area contributed by atoms with Gasteiger partial charge in [0.2, 0.25) is 0 Å². The van der Waals surface area contributed by atoms with Crippen LogP contribution in [-0.4, -0.2) is 40.3 Å². The molecule has 3 aromatic heterocycles. The van der Waals surface area contributed by atoms with Gasteiger partial charge in [0.25, 0.3) is 0 Å². The number of benzene rings is 1. The summed E-state index contributed by atoms with van der Waals surface area (Å²) in [6.07, 6.45) is -2.84. The molecule has 1 aromatic carbocycles. The zero-order valence-electron chi connectivity index (χ0n) is 17.4. The Kier molecular flexibility index (Phi) is 6.70. The van der Waals surface area contributed by atoms with Gasteiger partial charge in [0.15, 0.2) is 11.6 Å². The van der Waals surface area contributed by atoms with Crippen LogP contribution in [0, 0.1) is 6.92 Å². The van der Waals surface area contributed by atoms with Crippen molar-refractivity contribution in [2.24, 2.45) is 0 Å². The second kappa shape index (κ2) is 9.40. The molecule has 4 aromatic rings. The third-order valence-electron chi connectivity index (χ3n) is 4.79. The molecular formula is C20H15Cl3F3N7O. The second-order valence-electron chi connectivity index (χ2n) is 7.23. The predicted molar refractivity (Wildman–Crippen MR) is 121 cm³/mol. The van der Waals surface area contributed by atoms with Crippen LogP contribution in [0.2, 0.25) is 15.1 Å². The lowest BCUT2D eigenvalue weighted by Crippen LogP contribution is -2.27. The number of aromatic nitrogens is 7. The summed E-state index contributed by atoms with van der Waals surface area (Å²) in [5.74, 6) is 0.682. The molecule has 0 bridgehead atoms. The molecule has 0 saturated carbocycles. The Balaban J connectivity index is 1.73. The molecule has 4 rings (SSSR count). The average Bonchev–Trinajstić information content (AvgIpc) is 3.26. The third kappa shape index (κ3) is 5.11. The van der Waals surface area contributed by atoms with Gasteiger partial charge in [-0.2, -0.15) is 13.2 Å². The summed E-state index contributed by atoms with van der Waals surface area (Å²) in [5.41, 5.74) is 0.0649. The molecule has 3 heterocycles. The number of hydrogen-bond acceptors (Lipinski definition) is 5. The van der Waals surface area contributed by atoms with E-state index in [-0.39, 0.29) is 28.2 Å². The molecule has 0 radical (unpaired) electrons. The molecule has 178 valence electrons. The standard InChI is InChI=1S/C20H15Cl3F3N7O/c1-11-28-16(29-33(11)17-14(22)8-27-9-15(17)23)10-32-19(34)31(7-6-20(24,25)26)18(30-32)12-2-4-13(21)5-3-12/h2-5,8-9H,6-7,10H2,1H3. The number of alkyl halides is 3. The maximum absolute atomic E-state index is 13.0. The van der Waals surface area contributed by atoms with Crippen molar-refractivity contribution in [3.05, 3.63) is 73.9 Å². The molecule has 14 heteroatoms. The fourth-order valence-corrected chi connectivity index (χ4v) is 3.91. The highest BCUT2D eigenvalue weighted by Gasteiger charge is 2.28. The minimum Gasteiger partial charge on any atom is -0.275 e. The van der Waals surface area contributed by atoms with E-state index >= 15 is 0 Å². The maximum Gasteiger partial charge on any atom is 0.390 e. The number of aryl methyl sites for hydroxylation is 1. The van der Waals surface area contributed by atoms with Crippen LogP contribution in [0.4, 0.5) is 13.2 Å². The minimum atomic E-state index is -4.45. The summed E-state index contributed by atoms with van der Waals surface area (Å²) in [6.45, 7) is 0.878.